The van der Waals surface area contributed by atoms with Gasteiger partial charge < -0.3 is 10.1 Å². The molecule has 0 saturated heterocycles. The summed E-state index contributed by atoms with van der Waals surface area (Å²) in [4.78, 5) is 12.1. The summed E-state index contributed by atoms with van der Waals surface area (Å²) >= 11 is 0. The fourth-order valence-corrected chi connectivity index (χ4v) is 3.38. The summed E-state index contributed by atoms with van der Waals surface area (Å²) < 4.78 is 96.4. The van der Waals surface area contributed by atoms with Crippen molar-refractivity contribution in [1.29, 1.82) is 0 Å². The molecule has 6 nitrogen and oxygen atoms in total. The lowest BCUT2D eigenvalue weighted by atomic mass is 10.1. The van der Waals surface area contributed by atoms with Gasteiger partial charge >= 0.3 is 6.18 Å². The van der Waals surface area contributed by atoms with Gasteiger partial charge in [0.2, 0.25) is 15.9 Å². The van der Waals surface area contributed by atoms with Crippen LogP contribution >= 0.6 is 0 Å². The van der Waals surface area contributed by atoms with Crippen molar-refractivity contribution in [2.45, 2.75) is 32.5 Å². The molecule has 0 heterocycles. The van der Waals surface area contributed by atoms with E-state index in [4.69, 9.17) is 4.74 Å². The molecule has 2 aromatic carbocycles. The average Bonchev–Trinajstić information content (AvgIpc) is 2.68. The van der Waals surface area contributed by atoms with Crippen LogP contribution in [0.25, 0.3) is 6.08 Å². The topological polar surface area (TPSA) is 84.5 Å². The van der Waals surface area contributed by atoms with Gasteiger partial charge in [0.1, 0.15) is 11.4 Å². The minimum Gasteiger partial charge on any atom is -0.490 e. The van der Waals surface area contributed by atoms with Gasteiger partial charge in [-0.05, 0) is 56.2 Å². The van der Waals surface area contributed by atoms with E-state index in [1.54, 1.807) is 18.6 Å². The highest BCUT2D eigenvalue weighted by Crippen LogP contribution is 2.34. The van der Waals surface area contributed by atoms with E-state index in [-0.39, 0.29) is 29.8 Å². The van der Waals surface area contributed by atoms with Crippen molar-refractivity contribution in [2.75, 3.05) is 17.5 Å². The van der Waals surface area contributed by atoms with Gasteiger partial charge in [0.05, 0.1) is 17.9 Å². The Hall–Kier alpha value is -3.15. The van der Waals surface area contributed by atoms with Crippen LogP contribution in [0.4, 0.5) is 27.6 Å². The third-order valence-electron chi connectivity index (χ3n) is 4.22. The molecule has 2 N–H and O–H groups in total. The van der Waals surface area contributed by atoms with E-state index >= 15 is 0 Å². The molecule has 0 aliphatic heterocycles. The number of carbonyl (C=O) groups excluding carboxylic acids is 1. The standard InChI is InChI=1S/C22H23F5N2O4S/c1-13(2)33-19-12-16(22(25,26)27)6-4-15(19)5-7-20(30)28-9-8-14-10-17(23)21(18(24)11-14)29-34(3,31)32/h4-7,10-13,29H,8-9H2,1-3H3,(H,28,30). The monoisotopic (exact) mass is 506 g/mol. The van der Waals surface area contributed by atoms with Crippen LogP contribution < -0.4 is 14.8 Å². The van der Waals surface area contributed by atoms with Crippen molar-refractivity contribution >= 4 is 27.7 Å². The molecule has 0 aliphatic carbocycles. The number of amides is 1. The molecule has 0 radical (unpaired) electrons. The normalized spacial score (nSPS) is 12.3. The molecule has 186 valence electrons. The number of nitrogens with one attached hydrogen (secondary N) is 2. The number of hydrogen-bond donors (Lipinski definition) is 2. The van der Waals surface area contributed by atoms with Crippen molar-refractivity contribution in [1.82, 2.24) is 5.32 Å². The first-order chi connectivity index (χ1) is 15.7. The summed E-state index contributed by atoms with van der Waals surface area (Å²) in [5, 5.41) is 2.49. The molecule has 12 heteroatoms. The molecule has 0 bridgehead atoms. The van der Waals surface area contributed by atoms with Gasteiger partial charge in [-0.15, -0.1) is 0 Å². The summed E-state index contributed by atoms with van der Waals surface area (Å²) in [6.45, 7) is 3.29. The van der Waals surface area contributed by atoms with Crippen molar-refractivity contribution in [3.63, 3.8) is 0 Å². The Kier molecular flexibility index (Phi) is 8.65. The highest BCUT2D eigenvalue weighted by molar-refractivity contribution is 7.92. The lowest BCUT2D eigenvalue weighted by molar-refractivity contribution is -0.137. The van der Waals surface area contributed by atoms with Crippen LogP contribution in [0.3, 0.4) is 0 Å². The maximum absolute atomic E-state index is 14.0. The second kappa shape index (κ2) is 10.9. The first-order valence-corrected chi connectivity index (χ1v) is 11.8. The second-order valence-corrected chi connectivity index (χ2v) is 9.35. The van der Waals surface area contributed by atoms with Crippen LogP contribution in [0.15, 0.2) is 36.4 Å². The van der Waals surface area contributed by atoms with Gasteiger partial charge in [0.25, 0.3) is 0 Å². The maximum atomic E-state index is 14.0. The third kappa shape index (κ3) is 8.32. The lowest BCUT2D eigenvalue weighted by Gasteiger charge is -2.15. The SMILES string of the molecule is CC(C)Oc1cc(C(F)(F)F)ccc1C=CC(=O)NCCc1cc(F)c(NS(C)(=O)=O)c(F)c1. The average molecular weight is 506 g/mol. The van der Waals surface area contributed by atoms with Gasteiger partial charge in [-0.3, -0.25) is 9.52 Å². The lowest BCUT2D eigenvalue weighted by Crippen LogP contribution is -2.23. The number of hydrogen-bond acceptors (Lipinski definition) is 4. The number of halogens is 5. The number of carbonyl (C=O) groups is 1. The van der Waals surface area contributed by atoms with E-state index in [0.717, 1.165) is 36.6 Å². The minimum absolute atomic E-state index is 0.0106. The van der Waals surface area contributed by atoms with Crippen LogP contribution in [-0.4, -0.2) is 33.2 Å². The number of benzene rings is 2. The molecular weight excluding hydrogens is 483 g/mol. The Labute approximate surface area is 193 Å². The Morgan fingerprint density at radius 1 is 1.12 bits per heavy atom. The van der Waals surface area contributed by atoms with E-state index in [0.29, 0.717) is 0 Å². The second-order valence-electron chi connectivity index (χ2n) is 7.60. The first-order valence-electron chi connectivity index (χ1n) is 9.95. The summed E-state index contributed by atoms with van der Waals surface area (Å²) in [5.74, 6) is -2.84. The number of rotatable bonds is 9. The fourth-order valence-electron chi connectivity index (χ4n) is 2.81. The molecule has 0 aliphatic rings. The summed E-state index contributed by atoms with van der Waals surface area (Å²) in [5.41, 5.74) is -1.25. The van der Waals surface area contributed by atoms with Crippen LogP contribution in [0, 0.1) is 11.6 Å². The van der Waals surface area contributed by atoms with E-state index in [2.05, 4.69) is 5.32 Å². The summed E-state index contributed by atoms with van der Waals surface area (Å²) in [6.07, 6.45) is -1.77. The zero-order valence-electron chi connectivity index (χ0n) is 18.5. The van der Waals surface area contributed by atoms with Crippen LogP contribution in [0.5, 0.6) is 5.75 Å². The molecule has 0 fully saturated rings. The first kappa shape index (κ1) is 27.1. The predicted octanol–water partition coefficient (Wildman–Crippen LogP) is 4.51. The van der Waals surface area contributed by atoms with Crippen molar-refractivity contribution in [3.05, 3.63) is 64.7 Å². The molecule has 0 aromatic heterocycles. The van der Waals surface area contributed by atoms with E-state index in [1.165, 1.54) is 12.1 Å². The quantitative estimate of drug-likeness (QED) is 0.387. The van der Waals surface area contributed by atoms with E-state index in [1.807, 2.05) is 0 Å². The smallest absolute Gasteiger partial charge is 0.416 e. The molecule has 0 spiro atoms. The van der Waals surface area contributed by atoms with Gasteiger partial charge in [0, 0.05) is 18.2 Å². The molecule has 1 amide bonds. The van der Waals surface area contributed by atoms with Gasteiger partial charge in [-0.25, -0.2) is 17.2 Å². The predicted molar refractivity (Wildman–Crippen MR) is 118 cm³/mol. The van der Waals surface area contributed by atoms with Crippen LogP contribution in [-0.2, 0) is 27.4 Å². The molecule has 2 aromatic rings. The Morgan fingerprint density at radius 2 is 1.74 bits per heavy atom. The van der Waals surface area contributed by atoms with Crippen molar-refractivity contribution < 1.29 is 39.9 Å². The van der Waals surface area contributed by atoms with Gasteiger partial charge in [-0.2, -0.15) is 13.2 Å². The van der Waals surface area contributed by atoms with Crippen LogP contribution in [0.1, 0.15) is 30.5 Å². The largest absolute Gasteiger partial charge is 0.490 e. The maximum Gasteiger partial charge on any atom is 0.416 e. The number of anilines is 1. The zero-order chi connectivity index (χ0) is 25.7. The Balaban J connectivity index is 2.04. The number of alkyl halides is 3. The fraction of sp³-hybridized carbons (Fsp3) is 0.318. The molecule has 0 saturated carbocycles. The van der Waals surface area contributed by atoms with Gasteiger partial charge in [-0.1, -0.05) is 6.07 Å². The molecular formula is C22H23F5N2O4S. The Bertz CT molecular complexity index is 1160. The number of ether oxygens (including phenoxy) is 1. The molecule has 0 unspecified atom stereocenters. The summed E-state index contributed by atoms with van der Waals surface area (Å²) in [7, 11) is -3.87. The van der Waals surface area contributed by atoms with Gasteiger partial charge in [0.15, 0.2) is 11.6 Å². The van der Waals surface area contributed by atoms with Crippen molar-refractivity contribution in [3.8, 4) is 5.75 Å². The van der Waals surface area contributed by atoms with E-state index in [9.17, 15) is 35.2 Å². The molecule has 34 heavy (non-hydrogen) atoms. The highest BCUT2D eigenvalue weighted by atomic mass is 32.2. The van der Waals surface area contributed by atoms with Crippen LogP contribution in [0.2, 0.25) is 0 Å². The zero-order valence-corrected chi connectivity index (χ0v) is 19.3. The highest BCUT2D eigenvalue weighted by Gasteiger charge is 2.31. The molecule has 0 atom stereocenters. The Morgan fingerprint density at radius 3 is 2.26 bits per heavy atom. The number of sulfonamides is 1. The van der Waals surface area contributed by atoms with E-state index < -0.39 is 51.1 Å². The van der Waals surface area contributed by atoms with Crippen molar-refractivity contribution in [2.24, 2.45) is 0 Å². The third-order valence-corrected chi connectivity index (χ3v) is 4.79. The molecule has 2 rings (SSSR count). The minimum atomic E-state index is -4.55. The summed E-state index contributed by atoms with van der Waals surface area (Å²) in [6, 6.07) is 4.79.